The van der Waals surface area contributed by atoms with E-state index in [1.165, 1.54) is 13.8 Å². The van der Waals surface area contributed by atoms with Gasteiger partial charge in [-0.2, -0.15) is 0 Å². The lowest BCUT2D eigenvalue weighted by Gasteiger charge is -2.12. The number of pyridine rings is 2. The molecule has 0 saturated heterocycles. The van der Waals surface area contributed by atoms with Crippen molar-refractivity contribution in [2.45, 2.75) is 20.3 Å². The quantitative estimate of drug-likeness (QED) is 0.169. The minimum atomic E-state index is -0.197. The molecule has 3 aromatic carbocycles. The molecule has 6 rings (SSSR count). The second kappa shape index (κ2) is 12.7. The molecule has 228 valence electrons. The zero-order valence-electron chi connectivity index (χ0n) is 25.1. The van der Waals surface area contributed by atoms with Crippen LogP contribution < -0.4 is 21.7 Å². The maximum Gasteiger partial charge on any atom is 0.228 e. The Kier molecular flexibility index (Phi) is 8.20. The Morgan fingerprint density at radius 2 is 1.41 bits per heavy atom. The summed E-state index contributed by atoms with van der Waals surface area (Å²) < 4.78 is 1.92. The van der Waals surface area contributed by atoms with E-state index < -0.39 is 0 Å². The van der Waals surface area contributed by atoms with Crippen LogP contribution >= 0.6 is 0 Å². The number of nitrogen functional groups attached to an aromatic ring is 1. The van der Waals surface area contributed by atoms with Gasteiger partial charge in [-0.1, -0.05) is 30.3 Å². The third-order valence-corrected chi connectivity index (χ3v) is 7.09. The normalized spacial score (nSPS) is 10.8. The fourth-order valence-electron chi connectivity index (χ4n) is 5.14. The average molecular weight is 611 g/mol. The van der Waals surface area contributed by atoms with Crippen LogP contribution in [-0.4, -0.2) is 37.2 Å². The monoisotopic (exact) mass is 610 g/mol. The number of nitrogens with zero attached hydrogens (tertiary/aromatic N) is 4. The Balaban J connectivity index is 1.34. The number of anilines is 4. The summed E-state index contributed by atoms with van der Waals surface area (Å²) in [6.45, 7) is 2.90. The molecule has 46 heavy (non-hydrogen) atoms. The van der Waals surface area contributed by atoms with Gasteiger partial charge in [0, 0.05) is 48.4 Å². The lowest BCUT2D eigenvalue weighted by atomic mass is 10.1. The van der Waals surface area contributed by atoms with Crippen molar-refractivity contribution >= 4 is 51.8 Å². The van der Waals surface area contributed by atoms with Crippen LogP contribution in [0.2, 0.25) is 0 Å². The summed E-state index contributed by atoms with van der Waals surface area (Å²) in [4.78, 5) is 50.0. The molecule has 0 aliphatic heterocycles. The minimum Gasteiger partial charge on any atom is -0.383 e. The van der Waals surface area contributed by atoms with Gasteiger partial charge in [0.2, 0.25) is 17.7 Å². The van der Waals surface area contributed by atoms with Crippen molar-refractivity contribution in [3.05, 3.63) is 109 Å². The summed E-state index contributed by atoms with van der Waals surface area (Å²) >= 11 is 0. The molecule has 6 aromatic rings. The lowest BCUT2D eigenvalue weighted by Crippen LogP contribution is -2.15. The van der Waals surface area contributed by atoms with Crippen molar-refractivity contribution in [3.8, 4) is 28.3 Å². The predicted molar refractivity (Wildman–Crippen MR) is 179 cm³/mol. The second-order valence-corrected chi connectivity index (χ2v) is 10.7. The predicted octanol–water partition coefficient (Wildman–Crippen LogP) is 5.83. The molecule has 11 nitrogen and oxygen atoms in total. The lowest BCUT2D eigenvalue weighted by molar-refractivity contribution is -0.116. The third-order valence-electron chi connectivity index (χ3n) is 7.09. The van der Waals surface area contributed by atoms with Crippen molar-refractivity contribution in [1.29, 1.82) is 0 Å². The number of nitrogens with one attached hydrogen (secondary N) is 3. The van der Waals surface area contributed by atoms with Crippen LogP contribution in [-0.2, 0) is 20.8 Å². The van der Waals surface area contributed by atoms with Gasteiger partial charge in [-0.15, -0.1) is 0 Å². The van der Waals surface area contributed by atoms with E-state index in [2.05, 4.69) is 20.9 Å². The number of fused-ring (bicyclic) bond motifs is 1. The van der Waals surface area contributed by atoms with Gasteiger partial charge in [0.15, 0.2) is 11.5 Å². The number of imidazole rings is 1. The molecule has 0 bridgehead atoms. The van der Waals surface area contributed by atoms with Crippen LogP contribution in [0.15, 0.2) is 103 Å². The number of aromatic nitrogens is 4. The highest BCUT2D eigenvalue weighted by Crippen LogP contribution is 2.32. The molecule has 0 saturated carbocycles. The van der Waals surface area contributed by atoms with E-state index in [9.17, 15) is 14.4 Å². The number of amides is 3. The summed E-state index contributed by atoms with van der Waals surface area (Å²) in [5, 5.41) is 8.41. The maximum absolute atomic E-state index is 12.9. The zero-order chi connectivity index (χ0) is 32.2. The Labute approximate surface area is 264 Å². The van der Waals surface area contributed by atoms with E-state index in [-0.39, 0.29) is 24.1 Å². The summed E-state index contributed by atoms with van der Waals surface area (Å²) in [7, 11) is 0. The molecule has 0 spiro atoms. The van der Waals surface area contributed by atoms with Gasteiger partial charge in [0.25, 0.3) is 0 Å². The molecular weight excluding hydrogens is 580 g/mol. The first kappa shape index (κ1) is 29.7. The molecule has 3 amide bonds. The van der Waals surface area contributed by atoms with Crippen LogP contribution in [0.4, 0.5) is 22.9 Å². The molecular formula is C35H30N8O3. The largest absolute Gasteiger partial charge is 0.383 e. The molecule has 0 atom stereocenters. The highest BCUT2D eigenvalue weighted by atomic mass is 16.2. The molecule has 0 radical (unpaired) electrons. The first-order valence-electron chi connectivity index (χ1n) is 14.5. The van der Waals surface area contributed by atoms with Gasteiger partial charge >= 0.3 is 0 Å². The Morgan fingerprint density at radius 3 is 2.11 bits per heavy atom. The highest BCUT2D eigenvalue weighted by Gasteiger charge is 2.19. The first-order valence-corrected chi connectivity index (χ1v) is 14.5. The van der Waals surface area contributed by atoms with E-state index in [4.69, 9.17) is 15.7 Å². The number of carbonyl (C=O) groups is 3. The summed E-state index contributed by atoms with van der Waals surface area (Å²) in [5.41, 5.74) is 13.1. The molecule has 11 heteroatoms. The number of hydrogen-bond acceptors (Lipinski definition) is 7. The number of hydrogen-bond donors (Lipinski definition) is 4. The maximum atomic E-state index is 12.9. The third kappa shape index (κ3) is 6.58. The summed E-state index contributed by atoms with van der Waals surface area (Å²) in [6, 6.07) is 29.5. The summed E-state index contributed by atoms with van der Waals surface area (Å²) in [6.07, 6.45) is 1.77. The first-order chi connectivity index (χ1) is 22.2. The summed E-state index contributed by atoms with van der Waals surface area (Å²) in [5.74, 6) is 0.359. The Bertz CT molecular complexity index is 2100. The van der Waals surface area contributed by atoms with Crippen molar-refractivity contribution in [2.24, 2.45) is 0 Å². The van der Waals surface area contributed by atoms with Crippen molar-refractivity contribution in [3.63, 3.8) is 0 Å². The van der Waals surface area contributed by atoms with Crippen LogP contribution in [0, 0.1) is 0 Å². The van der Waals surface area contributed by atoms with Gasteiger partial charge in [0.05, 0.1) is 17.7 Å². The van der Waals surface area contributed by atoms with Crippen LogP contribution in [0.5, 0.6) is 0 Å². The second-order valence-electron chi connectivity index (χ2n) is 10.7. The van der Waals surface area contributed by atoms with Crippen molar-refractivity contribution < 1.29 is 14.4 Å². The number of nitrogens with two attached hydrogens (primary N) is 1. The van der Waals surface area contributed by atoms with Crippen LogP contribution in [0.25, 0.3) is 39.5 Å². The van der Waals surface area contributed by atoms with Gasteiger partial charge in [-0.05, 0) is 72.3 Å². The van der Waals surface area contributed by atoms with E-state index in [1.54, 1.807) is 36.5 Å². The van der Waals surface area contributed by atoms with E-state index >= 15 is 0 Å². The molecule has 0 aliphatic carbocycles. The topological polar surface area (TPSA) is 157 Å². The van der Waals surface area contributed by atoms with Crippen molar-refractivity contribution in [1.82, 2.24) is 19.5 Å². The smallest absolute Gasteiger partial charge is 0.228 e. The van der Waals surface area contributed by atoms with Crippen molar-refractivity contribution in [2.75, 3.05) is 21.7 Å². The Morgan fingerprint density at radius 1 is 0.739 bits per heavy atom. The minimum absolute atomic E-state index is 0.144. The van der Waals surface area contributed by atoms with E-state index in [0.717, 1.165) is 16.8 Å². The molecule has 0 fully saturated rings. The highest BCUT2D eigenvalue weighted by molar-refractivity contribution is 5.94. The van der Waals surface area contributed by atoms with E-state index in [1.807, 2.05) is 71.3 Å². The fraction of sp³-hybridized carbons (Fsp3) is 0.0857. The van der Waals surface area contributed by atoms with E-state index in [0.29, 0.717) is 51.1 Å². The van der Waals surface area contributed by atoms with Gasteiger partial charge in [-0.25, -0.2) is 15.0 Å². The molecule has 0 unspecified atom stereocenters. The van der Waals surface area contributed by atoms with Crippen LogP contribution in [0.3, 0.4) is 0 Å². The number of rotatable bonds is 8. The zero-order valence-corrected chi connectivity index (χ0v) is 25.1. The number of carbonyl (C=O) groups excluding carboxylic acids is 3. The fourth-order valence-corrected chi connectivity index (χ4v) is 5.14. The standard InChI is InChI=1S/C35H30N8O3/c1-21(44)38-25-7-3-6-24(19-25)30-15-16-31-35(41-30)43(34(42-31)29-10-5-17-37-33(29)36)28-13-11-23(12-14-28)18-32(46)40-27-9-4-8-26(20-27)39-22(2)45/h3-17,19-20H,18H2,1-2H3,(H2,36,37)(H,38,44)(H,39,45)(H,40,46). The SMILES string of the molecule is CC(=O)Nc1cccc(NC(=O)Cc2ccc(-n3c(-c4cccnc4N)nc4ccc(-c5cccc(NC(C)=O)c5)nc43)cc2)c1. The molecule has 0 aliphatic rings. The molecule has 5 N–H and O–H groups in total. The molecule has 3 aromatic heterocycles. The van der Waals surface area contributed by atoms with Crippen LogP contribution in [0.1, 0.15) is 19.4 Å². The Hall–Kier alpha value is -6.36. The number of benzene rings is 3. The molecule has 3 heterocycles. The van der Waals surface area contributed by atoms with Gasteiger partial charge in [0.1, 0.15) is 11.3 Å². The van der Waals surface area contributed by atoms with Gasteiger partial charge < -0.3 is 21.7 Å². The van der Waals surface area contributed by atoms with Gasteiger partial charge in [-0.3, -0.25) is 19.0 Å². The average Bonchev–Trinajstić information content (AvgIpc) is 3.40.